The van der Waals surface area contributed by atoms with E-state index in [9.17, 15) is 4.79 Å². The van der Waals surface area contributed by atoms with E-state index in [1.165, 1.54) is 6.42 Å². The molecule has 3 heterocycles. The molecule has 8 heteroatoms. The Balaban J connectivity index is 0.892. The molecule has 0 unspecified atom stereocenters. The predicted octanol–water partition coefficient (Wildman–Crippen LogP) is 5.41. The molecule has 2 aliphatic rings. The van der Waals surface area contributed by atoms with Crippen molar-refractivity contribution in [1.82, 2.24) is 30.1 Å². The van der Waals surface area contributed by atoms with Gasteiger partial charge in [0.2, 0.25) is 0 Å². The van der Waals surface area contributed by atoms with E-state index in [-0.39, 0.29) is 12.1 Å². The number of aromatic nitrogens is 3. The minimum Gasteiger partial charge on any atom is -0.335 e. The number of urea groups is 1. The molecule has 40 heavy (non-hydrogen) atoms. The highest BCUT2D eigenvalue weighted by molar-refractivity contribution is 5.94. The van der Waals surface area contributed by atoms with Crippen molar-refractivity contribution in [3.63, 3.8) is 0 Å². The second-order valence-electron chi connectivity index (χ2n) is 11.1. The van der Waals surface area contributed by atoms with Gasteiger partial charge in [-0.2, -0.15) is 0 Å². The monoisotopic (exact) mass is 537 g/mol. The van der Waals surface area contributed by atoms with Crippen LogP contribution in [0.5, 0.6) is 0 Å². The van der Waals surface area contributed by atoms with Crippen LogP contribution in [0, 0.1) is 0 Å². The quantitative estimate of drug-likeness (QED) is 0.314. The van der Waals surface area contributed by atoms with E-state index in [1.54, 1.807) is 0 Å². The summed E-state index contributed by atoms with van der Waals surface area (Å²) >= 11 is 0. The van der Waals surface area contributed by atoms with Crippen molar-refractivity contribution in [2.24, 2.45) is 0 Å². The number of amides is 2. The van der Waals surface area contributed by atoms with Crippen molar-refractivity contribution in [3.05, 3.63) is 78.9 Å². The summed E-state index contributed by atoms with van der Waals surface area (Å²) in [5.74, 6) is 0. The lowest BCUT2D eigenvalue weighted by atomic mass is 10.0. The number of benzene rings is 3. The number of carbonyl (C=O) groups is 1. The van der Waals surface area contributed by atoms with Crippen LogP contribution in [0.1, 0.15) is 38.1 Å². The van der Waals surface area contributed by atoms with Crippen molar-refractivity contribution >= 4 is 22.8 Å². The van der Waals surface area contributed by atoms with Crippen LogP contribution in [0.2, 0.25) is 0 Å². The van der Waals surface area contributed by atoms with E-state index in [1.807, 2.05) is 54.6 Å². The number of hydrogen-bond acceptors (Lipinski definition) is 5. The van der Waals surface area contributed by atoms with Gasteiger partial charge in [-0.3, -0.25) is 0 Å². The van der Waals surface area contributed by atoms with E-state index in [0.717, 1.165) is 92.8 Å². The molecule has 8 nitrogen and oxygen atoms in total. The van der Waals surface area contributed by atoms with Crippen molar-refractivity contribution in [2.45, 2.75) is 44.2 Å². The summed E-state index contributed by atoms with van der Waals surface area (Å²) in [6.45, 7) is 6.57. The van der Waals surface area contributed by atoms with E-state index >= 15 is 0 Å². The SMILES string of the molecule is O=C(Nc1ccccc1-c1ccccc1)NC1CCN(CCCN2CCC(n3nnc4ccccc43)CC2)CC1. The first kappa shape index (κ1) is 26.5. The molecular weight excluding hydrogens is 498 g/mol. The van der Waals surface area contributed by atoms with Gasteiger partial charge in [0.25, 0.3) is 0 Å². The smallest absolute Gasteiger partial charge is 0.319 e. The van der Waals surface area contributed by atoms with Gasteiger partial charge in [0.05, 0.1) is 17.2 Å². The van der Waals surface area contributed by atoms with Gasteiger partial charge in [0.15, 0.2) is 0 Å². The van der Waals surface area contributed by atoms with Gasteiger partial charge in [-0.1, -0.05) is 65.9 Å². The number of piperidine rings is 2. The fraction of sp³-hybridized carbons (Fsp3) is 0.406. The lowest BCUT2D eigenvalue weighted by Gasteiger charge is -2.34. The Kier molecular flexibility index (Phi) is 8.35. The van der Waals surface area contributed by atoms with Crippen molar-refractivity contribution in [3.8, 4) is 11.1 Å². The van der Waals surface area contributed by atoms with Crippen LogP contribution in [-0.2, 0) is 0 Å². The first-order valence-electron chi connectivity index (χ1n) is 14.7. The van der Waals surface area contributed by atoms with Gasteiger partial charge in [0.1, 0.15) is 5.52 Å². The molecule has 0 spiro atoms. The van der Waals surface area contributed by atoms with Gasteiger partial charge < -0.3 is 20.4 Å². The topological polar surface area (TPSA) is 78.3 Å². The summed E-state index contributed by atoms with van der Waals surface area (Å²) in [7, 11) is 0. The zero-order chi connectivity index (χ0) is 27.1. The number of fused-ring (bicyclic) bond motifs is 1. The third kappa shape index (κ3) is 6.35. The molecule has 2 saturated heterocycles. The maximum Gasteiger partial charge on any atom is 0.319 e. The normalized spacial score (nSPS) is 17.7. The number of para-hydroxylation sites is 2. The Bertz CT molecular complexity index is 1390. The highest BCUT2D eigenvalue weighted by Crippen LogP contribution is 2.28. The molecule has 4 aromatic rings. The van der Waals surface area contributed by atoms with E-state index in [2.05, 4.69) is 59.7 Å². The minimum atomic E-state index is -0.121. The van der Waals surface area contributed by atoms with Crippen LogP contribution in [0.4, 0.5) is 10.5 Å². The molecule has 0 radical (unpaired) electrons. The molecule has 2 amide bonds. The summed E-state index contributed by atoms with van der Waals surface area (Å²) < 4.78 is 2.13. The lowest BCUT2D eigenvalue weighted by molar-refractivity contribution is 0.157. The molecule has 1 aromatic heterocycles. The molecule has 6 rings (SSSR count). The average molecular weight is 538 g/mol. The molecule has 2 aliphatic heterocycles. The zero-order valence-corrected chi connectivity index (χ0v) is 23.1. The minimum absolute atomic E-state index is 0.121. The maximum absolute atomic E-state index is 12.8. The van der Waals surface area contributed by atoms with E-state index < -0.39 is 0 Å². The first-order chi connectivity index (χ1) is 19.7. The Hall–Kier alpha value is -3.75. The summed E-state index contributed by atoms with van der Waals surface area (Å²) in [6, 6.07) is 26.9. The summed E-state index contributed by atoms with van der Waals surface area (Å²) in [6.07, 6.45) is 5.42. The van der Waals surface area contributed by atoms with E-state index in [0.29, 0.717) is 6.04 Å². The molecule has 0 aliphatic carbocycles. The number of hydrogen-bond donors (Lipinski definition) is 2. The average Bonchev–Trinajstić information content (AvgIpc) is 3.43. The molecule has 2 N–H and O–H groups in total. The Morgan fingerprint density at radius 2 is 1.43 bits per heavy atom. The number of rotatable bonds is 8. The van der Waals surface area contributed by atoms with Crippen molar-refractivity contribution < 1.29 is 4.79 Å². The number of nitrogens with one attached hydrogen (secondary N) is 2. The Labute approximate surface area is 236 Å². The Morgan fingerprint density at radius 1 is 0.775 bits per heavy atom. The largest absolute Gasteiger partial charge is 0.335 e. The van der Waals surface area contributed by atoms with Crippen molar-refractivity contribution in [1.29, 1.82) is 0 Å². The Morgan fingerprint density at radius 3 is 2.20 bits per heavy atom. The van der Waals surface area contributed by atoms with Crippen LogP contribution in [0.25, 0.3) is 22.2 Å². The molecular formula is C32H39N7O. The first-order valence-corrected chi connectivity index (χ1v) is 14.7. The third-order valence-electron chi connectivity index (χ3n) is 8.41. The van der Waals surface area contributed by atoms with Crippen LogP contribution in [-0.4, -0.2) is 76.1 Å². The molecule has 208 valence electrons. The second-order valence-corrected chi connectivity index (χ2v) is 11.1. The van der Waals surface area contributed by atoms with Crippen LogP contribution in [0.15, 0.2) is 78.9 Å². The molecule has 0 atom stereocenters. The third-order valence-corrected chi connectivity index (χ3v) is 8.41. The van der Waals surface area contributed by atoms with Gasteiger partial charge in [-0.25, -0.2) is 9.48 Å². The van der Waals surface area contributed by atoms with Gasteiger partial charge in [0, 0.05) is 37.8 Å². The summed E-state index contributed by atoms with van der Waals surface area (Å²) in [4.78, 5) is 18.0. The molecule has 3 aromatic carbocycles. The summed E-state index contributed by atoms with van der Waals surface area (Å²) in [5, 5.41) is 15.1. The zero-order valence-electron chi connectivity index (χ0n) is 23.1. The van der Waals surface area contributed by atoms with Gasteiger partial charge in [-0.05, 0) is 69.0 Å². The van der Waals surface area contributed by atoms with Crippen LogP contribution >= 0.6 is 0 Å². The molecule has 0 saturated carbocycles. The predicted molar refractivity (Wildman–Crippen MR) is 160 cm³/mol. The number of anilines is 1. The fourth-order valence-corrected chi connectivity index (χ4v) is 6.17. The second kappa shape index (κ2) is 12.6. The van der Waals surface area contributed by atoms with Crippen LogP contribution < -0.4 is 10.6 Å². The highest BCUT2D eigenvalue weighted by atomic mass is 16.2. The summed E-state index contributed by atoms with van der Waals surface area (Å²) in [5.41, 5.74) is 5.10. The standard InChI is InChI=1S/C32H39N7O/c40-32(34-29-12-5-4-11-28(29)25-9-2-1-3-10-25)33-26-15-21-37(22-16-26)19-8-20-38-23-17-27(18-24-38)39-31-14-7-6-13-30(31)35-36-39/h1-7,9-14,26-27H,8,15-24H2,(H2,33,34,40). The van der Waals surface area contributed by atoms with Gasteiger partial charge in [-0.15, -0.1) is 5.10 Å². The number of nitrogens with zero attached hydrogens (tertiary/aromatic N) is 5. The number of likely N-dealkylation sites (tertiary alicyclic amines) is 2. The number of carbonyl (C=O) groups excluding carboxylic acids is 1. The van der Waals surface area contributed by atoms with Crippen LogP contribution in [0.3, 0.4) is 0 Å². The van der Waals surface area contributed by atoms with Crippen molar-refractivity contribution in [2.75, 3.05) is 44.6 Å². The maximum atomic E-state index is 12.8. The lowest BCUT2D eigenvalue weighted by Crippen LogP contribution is -2.46. The van der Waals surface area contributed by atoms with Gasteiger partial charge >= 0.3 is 6.03 Å². The van der Waals surface area contributed by atoms with E-state index in [4.69, 9.17) is 0 Å². The fourth-order valence-electron chi connectivity index (χ4n) is 6.17. The molecule has 0 bridgehead atoms. The molecule has 2 fully saturated rings. The highest BCUT2D eigenvalue weighted by Gasteiger charge is 2.24.